The SMILES string of the molecule is O=C(OC1CCCCC1)N1C(=O)[C@H](C=Cc2cccnc2)[C@@H]1N1C(=O)OC[C@@H]1c1ccccc1. The number of ether oxygens (including phenoxy) is 2. The zero-order valence-corrected chi connectivity index (χ0v) is 18.8. The number of aromatic nitrogens is 1. The Balaban J connectivity index is 1.43. The topological polar surface area (TPSA) is 89.0 Å². The van der Waals surface area contributed by atoms with E-state index in [4.69, 9.17) is 9.47 Å². The van der Waals surface area contributed by atoms with Crippen LogP contribution in [-0.4, -0.2) is 51.8 Å². The first kappa shape index (κ1) is 22.1. The molecular formula is C26H27N3O5. The van der Waals surface area contributed by atoms with E-state index in [1.54, 1.807) is 30.6 Å². The highest BCUT2D eigenvalue weighted by Gasteiger charge is 2.58. The van der Waals surface area contributed by atoms with Gasteiger partial charge in [-0.05, 0) is 42.9 Å². The van der Waals surface area contributed by atoms with E-state index < -0.39 is 36.2 Å². The smallest absolute Gasteiger partial charge is 0.418 e. The number of pyridine rings is 1. The molecule has 2 aromatic rings. The fourth-order valence-electron chi connectivity index (χ4n) is 4.90. The molecule has 8 heteroatoms. The van der Waals surface area contributed by atoms with E-state index in [1.807, 2.05) is 36.4 Å². The molecule has 1 saturated carbocycles. The van der Waals surface area contributed by atoms with E-state index in [-0.39, 0.29) is 12.7 Å². The van der Waals surface area contributed by atoms with Crippen LogP contribution < -0.4 is 0 Å². The third kappa shape index (κ3) is 4.27. The van der Waals surface area contributed by atoms with Crippen LogP contribution in [0.4, 0.5) is 9.59 Å². The second-order valence-electron chi connectivity index (χ2n) is 8.85. The van der Waals surface area contributed by atoms with Gasteiger partial charge in [-0.15, -0.1) is 0 Å². The molecule has 3 heterocycles. The summed E-state index contributed by atoms with van der Waals surface area (Å²) in [7, 11) is 0. The zero-order chi connectivity index (χ0) is 23.5. The molecule has 176 valence electrons. The van der Waals surface area contributed by atoms with Crippen molar-refractivity contribution in [3.8, 4) is 0 Å². The number of imide groups is 1. The molecule has 1 aromatic carbocycles. The first-order valence-corrected chi connectivity index (χ1v) is 11.8. The fraction of sp³-hybridized carbons (Fsp3) is 0.385. The van der Waals surface area contributed by atoms with E-state index in [1.165, 1.54) is 4.90 Å². The van der Waals surface area contributed by atoms with Gasteiger partial charge >= 0.3 is 12.2 Å². The van der Waals surface area contributed by atoms with Crippen LogP contribution in [0.25, 0.3) is 6.08 Å². The van der Waals surface area contributed by atoms with Gasteiger partial charge in [-0.1, -0.05) is 55.0 Å². The minimum atomic E-state index is -0.822. The Morgan fingerprint density at radius 2 is 1.85 bits per heavy atom. The van der Waals surface area contributed by atoms with Crippen molar-refractivity contribution in [1.29, 1.82) is 0 Å². The Morgan fingerprint density at radius 3 is 2.59 bits per heavy atom. The van der Waals surface area contributed by atoms with E-state index in [0.29, 0.717) is 0 Å². The summed E-state index contributed by atoms with van der Waals surface area (Å²) in [6.45, 7) is 0.151. The normalized spacial score (nSPS) is 25.4. The number of likely N-dealkylation sites (tertiary alicyclic amines) is 1. The van der Waals surface area contributed by atoms with Gasteiger partial charge in [0.25, 0.3) is 0 Å². The van der Waals surface area contributed by atoms with E-state index in [9.17, 15) is 14.4 Å². The number of carbonyl (C=O) groups is 3. The number of benzene rings is 1. The van der Waals surface area contributed by atoms with E-state index in [2.05, 4.69) is 4.98 Å². The summed E-state index contributed by atoms with van der Waals surface area (Å²) in [5.41, 5.74) is 1.70. The van der Waals surface area contributed by atoms with Crippen LogP contribution in [0.1, 0.15) is 49.3 Å². The fourth-order valence-corrected chi connectivity index (χ4v) is 4.90. The quantitative estimate of drug-likeness (QED) is 0.608. The van der Waals surface area contributed by atoms with E-state index in [0.717, 1.165) is 48.1 Å². The van der Waals surface area contributed by atoms with Crippen molar-refractivity contribution in [3.63, 3.8) is 0 Å². The molecule has 0 bridgehead atoms. The second kappa shape index (κ2) is 9.67. The molecule has 3 atom stereocenters. The molecule has 1 aliphatic carbocycles. The van der Waals surface area contributed by atoms with Crippen molar-refractivity contribution >= 4 is 24.2 Å². The largest absolute Gasteiger partial charge is 0.447 e. The number of cyclic esters (lactones) is 1. The lowest BCUT2D eigenvalue weighted by Crippen LogP contribution is -2.69. The molecule has 3 fully saturated rings. The van der Waals surface area contributed by atoms with Crippen LogP contribution in [0, 0.1) is 5.92 Å². The van der Waals surface area contributed by atoms with Gasteiger partial charge < -0.3 is 9.47 Å². The van der Waals surface area contributed by atoms with Gasteiger partial charge in [-0.3, -0.25) is 14.7 Å². The lowest BCUT2D eigenvalue weighted by atomic mass is 9.90. The Morgan fingerprint density at radius 1 is 1.06 bits per heavy atom. The number of rotatable bonds is 5. The maximum atomic E-state index is 13.2. The molecule has 2 aliphatic heterocycles. The van der Waals surface area contributed by atoms with Gasteiger partial charge in [-0.25, -0.2) is 14.5 Å². The molecule has 1 aromatic heterocycles. The number of hydrogen-bond acceptors (Lipinski definition) is 6. The zero-order valence-electron chi connectivity index (χ0n) is 18.8. The predicted molar refractivity (Wildman–Crippen MR) is 123 cm³/mol. The molecular weight excluding hydrogens is 434 g/mol. The van der Waals surface area contributed by atoms with Gasteiger partial charge in [0.15, 0.2) is 0 Å². The Kier molecular flexibility index (Phi) is 6.29. The third-order valence-electron chi connectivity index (χ3n) is 6.69. The Hall–Kier alpha value is -3.68. The van der Waals surface area contributed by atoms with Crippen molar-refractivity contribution in [3.05, 3.63) is 72.1 Å². The van der Waals surface area contributed by atoms with Crippen LogP contribution >= 0.6 is 0 Å². The highest BCUT2D eigenvalue weighted by atomic mass is 16.6. The van der Waals surface area contributed by atoms with Gasteiger partial charge in [-0.2, -0.15) is 0 Å². The maximum Gasteiger partial charge on any atom is 0.418 e. The summed E-state index contributed by atoms with van der Waals surface area (Å²) in [6, 6.07) is 12.7. The molecule has 5 rings (SSSR count). The molecule has 3 amide bonds. The highest BCUT2D eigenvalue weighted by molar-refractivity contribution is 6.01. The molecule has 3 aliphatic rings. The van der Waals surface area contributed by atoms with Gasteiger partial charge in [0.2, 0.25) is 5.91 Å². The summed E-state index contributed by atoms with van der Waals surface area (Å²) in [4.78, 5) is 45.8. The molecule has 2 saturated heterocycles. The molecule has 0 spiro atoms. The van der Waals surface area contributed by atoms with Crippen molar-refractivity contribution in [2.24, 2.45) is 5.92 Å². The minimum Gasteiger partial charge on any atom is -0.447 e. The standard InChI is InChI=1S/C26H27N3O5/c30-24-21(14-13-18-8-7-15-27-16-18)23(29(24)26(32)34-20-11-5-2-6-12-20)28-22(17-33-25(28)31)19-9-3-1-4-10-19/h1,3-4,7-10,13-16,20-23H,2,5-6,11-12,17H2/t21-,22-,23-/m1/s1. The van der Waals surface area contributed by atoms with Crippen molar-refractivity contribution in [2.75, 3.05) is 6.61 Å². The number of nitrogens with zero attached hydrogens (tertiary/aromatic N) is 3. The number of hydrogen-bond donors (Lipinski definition) is 0. The van der Waals surface area contributed by atoms with Crippen molar-refractivity contribution < 1.29 is 23.9 Å². The van der Waals surface area contributed by atoms with Gasteiger partial charge in [0.1, 0.15) is 18.9 Å². The summed E-state index contributed by atoms with van der Waals surface area (Å²) < 4.78 is 11.1. The second-order valence-corrected chi connectivity index (χ2v) is 8.85. The van der Waals surface area contributed by atoms with Gasteiger partial charge in [0.05, 0.1) is 12.0 Å². The monoisotopic (exact) mass is 461 g/mol. The van der Waals surface area contributed by atoms with Crippen LogP contribution in [0.2, 0.25) is 0 Å². The van der Waals surface area contributed by atoms with Gasteiger partial charge in [0, 0.05) is 12.4 Å². The Labute approximate surface area is 198 Å². The van der Waals surface area contributed by atoms with Crippen LogP contribution in [0.3, 0.4) is 0 Å². The summed E-state index contributed by atoms with van der Waals surface area (Å²) in [6.07, 6.45) is 9.30. The number of β-lactam (4-membered cyclic amide) rings is 1. The van der Waals surface area contributed by atoms with Crippen LogP contribution in [0.15, 0.2) is 60.9 Å². The lowest BCUT2D eigenvalue weighted by Gasteiger charge is -2.48. The first-order chi connectivity index (χ1) is 16.6. The first-order valence-electron chi connectivity index (χ1n) is 11.8. The lowest BCUT2D eigenvalue weighted by molar-refractivity contribution is -0.159. The van der Waals surface area contributed by atoms with Crippen LogP contribution in [-0.2, 0) is 14.3 Å². The predicted octanol–water partition coefficient (Wildman–Crippen LogP) is 4.54. The minimum absolute atomic E-state index is 0.151. The molecule has 0 radical (unpaired) electrons. The molecule has 8 nitrogen and oxygen atoms in total. The number of amides is 3. The summed E-state index contributed by atoms with van der Waals surface area (Å²) >= 11 is 0. The van der Waals surface area contributed by atoms with Crippen LogP contribution in [0.5, 0.6) is 0 Å². The number of carbonyl (C=O) groups excluding carboxylic acids is 3. The summed E-state index contributed by atoms with van der Waals surface area (Å²) in [5, 5.41) is 0. The highest BCUT2D eigenvalue weighted by Crippen LogP contribution is 2.40. The molecule has 34 heavy (non-hydrogen) atoms. The summed E-state index contributed by atoms with van der Waals surface area (Å²) in [5.74, 6) is -1.09. The van der Waals surface area contributed by atoms with Crippen molar-refractivity contribution in [1.82, 2.24) is 14.8 Å². The average molecular weight is 462 g/mol. The third-order valence-corrected chi connectivity index (χ3v) is 6.69. The Bertz CT molecular complexity index is 1070. The molecule has 0 unspecified atom stereocenters. The average Bonchev–Trinajstić information content (AvgIpc) is 3.24. The van der Waals surface area contributed by atoms with Crippen molar-refractivity contribution in [2.45, 2.75) is 50.4 Å². The van der Waals surface area contributed by atoms with E-state index >= 15 is 0 Å². The maximum absolute atomic E-state index is 13.2. The molecule has 0 N–H and O–H groups in total.